The fourth-order valence-electron chi connectivity index (χ4n) is 1.01. The van der Waals surface area contributed by atoms with Crippen LogP contribution in [0, 0.1) is 5.92 Å². The quantitative estimate of drug-likeness (QED) is 0.620. The summed E-state index contributed by atoms with van der Waals surface area (Å²) >= 11 is 0. The molecule has 0 aromatic rings. The third kappa shape index (κ3) is 3.22. The number of hydrogen-bond acceptors (Lipinski definition) is 0. The molecule has 17 heavy (non-hydrogen) atoms. The lowest BCUT2D eigenvalue weighted by molar-refractivity contribution is -0.340. The van der Waals surface area contributed by atoms with Crippen LogP contribution in [0.4, 0.5) is 35.1 Å². The maximum atomic E-state index is 12.9. The number of alkyl halides is 8. The Hall–Kier alpha value is -0.560. The molecule has 0 nitrogen and oxygen atoms in total. The summed E-state index contributed by atoms with van der Waals surface area (Å²) in [6.07, 6.45) is -6.88. The average molecular weight is 272 g/mol. The maximum absolute atomic E-state index is 12.9. The minimum atomic E-state index is -6.07. The lowest BCUT2D eigenvalue weighted by Crippen LogP contribution is -2.57. The van der Waals surface area contributed by atoms with E-state index in [1.807, 2.05) is 0 Å². The van der Waals surface area contributed by atoms with Crippen LogP contribution >= 0.6 is 0 Å². The van der Waals surface area contributed by atoms with Crippen LogP contribution in [0.15, 0.2) is 0 Å². The van der Waals surface area contributed by atoms with Gasteiger partial charge in [-0.1, -0.05) is 13.8 Å². The van der Waals surface area contributed by atoms with Crippen LogP contribution in [0.25, 0.3) is 0 Å². The van der Waals surface area contributed by atoms with Crippen molar-refractivity contribution in [3.05, 3.63) is 0 Å². The molecule has 0 aliphatic rings. The maximum Gasteiger partial charge on any atom is 0.377 e. The third-order valence-corrected chi connectivity index (χ3v) is 2.19. The molecule has 104 valence electrons. The highest BCUT2D eigenvalue weighted by Crippen LogP contribution is 2.50. The number of rotatable bonds is 6. The molecule has 0 amide bonds. The van der Waals surface area contributed by atoms with Crippen LogP contribution in [0.3, 0.4) is 0 Å². The van der Waals surface area contributed by atoms with Crippen LogP contribution in [0.1, 0.15) is 26.7 Å². The standard InChI is InChI=1S/C9H12F8/c1-5(2)3-4-7(12,13)9(16,17)8(14,15)6(10)11/h5-6H,3-4H2,1-2H3. The summed E-state index contributed by atoms with van der Waals surface area (Å²) < 4.78 is 99.2. The minimum Gasteiger partial charge on any atom is -0.203 e. The normalized spacial score (nSPS) is 14.8. The van der Waals surface area contributed by atoms with Gasteiger partial charge in [0.05, 0.1) is 0 Å². The van der Waals surface area contributed by atoms with Gasteiger partial charge in [-0.25, -0.2) is 8.78 Å². The van der Waals surface area contributed by atoms with Crippen molar-refractivity contribution in [1.29, 1.82) is 0 Å². The second-order valence-electron chi connectivity index (χ2n) is 4.14. The molecule has 0 heterocycles. The molecule has 8 heteroatoms. The molecule has 0 spiro atoms. The zero-order valence-electron chi connectivity index (χ0n) is 9.09. The Balaban J connectivity index is 5.01. The van der Waals surface area contributed by atoms with Gasteiger partial charge < -0.3 is 0 Å². The third-order valence-electron chi connectivity index (χ3n) is 2.19. The van der Waals surface area contributed by atoms with Gasteiger partial charge in [0.1, 0.15) is 0 Å². The average Bonchev–Trinajstić information content (AvgIpc) is 2.14. The molecule has 0 aliphatic carbocycles. The molecular weight excluding hydrogens is 260 g/mol. The molecule has 0 aromatic heterocycles. The fourth-order valence-corrected chi connectivity index (χ4v) is 1.01. The highest BCUT2D eigenvalue weighted by molar-refractivity contribution is 4.97. The molecular formula is C9H12F8. The first-order chi connectivity index (χ1) is 7.36. The van der Waals surface area contributed by atoms with Crippen molar-refractivity contribution in [3.8, 4) is 0 Å². The van der Waals surface area contributed by atoms with Crippen molar-refractivity contribution in [2.45, 2.75) is 50.9 Å². The summed E-state index contributed by atoms with van der Waals surface area (Å²) in [7, 11) is 0. The van der Waals surface area contributed by atoms with E-state index < -0.39 is 43.0 Å². The van der Waals surface area contributed by atoms with Crippen LogP contribution in [-0.4, -0.2) is 24.2 Å². The van der Waals surface area contributed by atoms with E-state index in [1.54, 1.807) is 0 Å². The molecule has 0 bridgehead atoms. The van der Waals surface area contributed by atoms with Gasteiger partial charge in [0.15, 0.2) is 0 Å². The number of halogens is 8. The second kappa shape index (κ2) is 4.97. The first-order valence-corrected chi connectivity index (χ1v) is 4.78. The van der Waals surface area contributed by atoms with Crippen LogP contribution < -0.4 is 0 Å². The summed E-state index contributed by atoms with van der Waals surface area (Å²) in [6.45, 7) is 2.83. The molecule has 0 saturated carbocycles. The van der Waals surface area contributed by atoms with Crippen LogP contribution in [0.2, 0.25) is 0 Å². The predicted molar refractivity (Wildman–Crippen MR) is 44.9 cm³/mol. The van der Waals surface area contributed by atoms with Crippen molar-refractivity contribution in [2.24, 2.45) is 5.92 Å². The molecule has 0 fully saturated rings. The summed E-state index contributed by atoms with van der Waals surface area (Å²) in [5.74, 6) is -17.7. The van der Waals surface area contributed by atoms with Crippen molar-refractivity contribution >= 4 is 0 Å². The smallest absolute Gasteiger partial charge is 0.203 e. The van der Waals surface area contributed by atoms with Gasteiger partial charge in [-0.15, -0.1) is 0 Å². The molecule has 0 aromatic carbocycles. The zero-order valence-corrected chi connectivity index (χ0v) is 9.09. The van der Waals surface area contributed by atoms with E-state index in [-0.39, 0.29) is 0 Å². The topological polar surface area (TPSA) is 0 Å². The van der Waals surface area contributed by atoms with Crippen LogP contribution in [-0.2, 0) is 0 Å². The summed E-state index contributed by atoms with van der Waals surface area (Å²) in [5.41, 5.74) is 0. The minimum absolute atomic E-state index is 0.433. The largest absolute Gasteiger partial charge is 0.377 e. The van der Waals surface area contributed by atoms with Crippen LogP contribution in [0.5, 0.6) is 0 Å². The lowest BCUT2D eigenvalue weighted by atomic mass is 9.96. The Morgan fingerprint density at radius 2 is 1.29 bits per heavy atom. The van der Waals surface area contributed by atoms with Gasteiger partial charge in [-0.3, -0.25) is 0 Å². The van der Waals surface area contributed by atoms with Crippen molar-refractivity contribution in [3.63, 3.8) is 0 Å². The van der Waals surface area contributed by atoms with E-state index in [0.29, 0.717) is 0 Å². The Morgan fingerprint density at radius 3 is 1.59 bits per heavy atom. The van der Waals surface area contributed by atoms with Gasteiger partial charge in [-0.05, 0) is 12.3 Å². The van der Waals surface area contributed by atoms with Crippen molar-refractivity contribution in [1.82, 2.24) is 0 Å². The molecule has 0 N–H and O–H groups in total. The Morgan fingerprint density at radius 1 is 0.882 bits per heavy atom. The highest BCUT2D eigenvalue weighted by Gasteiger charge is 2.74. The Bertz CT molecular complexity index is 245. The molecule has 0 atom stereocenters. The Kier molecular flexibility index (Phi) is 4.81. The Labute approximate surface area is 93.0 Å². The lowest BCUT2D eigenvalue weighted by Gasteiger charge is -2.32. The van der Waals surface area contributed by atoms with Crippen molar-refractivity contribution < 1.29 is 35.1 Å². The fraction of sp³-hybridized carbons (Fsp3) is 1.00. The molecule has 0 rings (SSSR count). The summed E-state index contributed by atoms with van der Waals surface area (Å²) in [4.78, 5) is 0. The van der Waals surface area contributed by atoms with E-state index in [0.717, 1.165) is 0 Å². The number of hydrogen-bond donors (Lipinski definition) is 0. The summed E-state index contributed by atoms with van der Waals surface area (Å²) in [6, 6.07) is 0. The van der Waals surface area contributed by atoms with E-state index in [4.69, 9.17) is 0 Å². The molecule has 0 saturated heterocycles. The van der Waals surface area contributed by atoms with Gasteiger partial charge in [0, 0.05) is 6.42 Å². The van der Waals surface area contributed by atoms with E-state index in [9.17, 15) is 35.1 Å². The van der Waals surface area contributed by atoms with E-state index in [1.165, 1.54) is 13.8 Å². The molecule has 0 aliphatic heterocycles. The zero-order chi connectivity index (χ0) is 14.1. The van der Waals surface area contributed by atoms with Crippen molar-refractivity contribution in [2.75, 3.05) is 0 Å². The SMILES string of the molecule is CC(C)CCC(F)(F)C(F)(F)C(F)(F)C(F)F. The van der Waals surface area contributed by atoms with Gasteiger partial charge in [0.25, 0.3) is 0 Å². The van der Waals surface area contributed by atoms with Gasteiger partial charge in [0.2, 0.25) is 0 Å². The van der Waals surface area contributed by atoms with E-state index in [2.05, 4.69) is 0 Å². The first kappa shape index (κ1) is 16.4. The predicted octanol–water partition coefficient (Wildman–Crippen LogP) is 4.59. The molecule has 0 unspecified atom stereocenters. The van der Waals surface area contributed by atoms with E-state index >= 15 is 0 Å². The summed E-state index contributed by atoms with van der Waals surface area (Å²) in [5, 5.41) is 0. The highest BCUT2D eigenvalue weighted by atomic mass is 19.4. The monoisotopic (exact) mass is 272 g/mol. The first-order valence-electron chi connectivity index (χ1n) is 4.78. The second-order valence-corrected chi connectivity index (χ2v) is 4.14. The van der Waals surface area contributed by atoms with Gasteiger partial charge in [-0.2, -0.15) is 26.3 Å². The van der Waals surface area contributed by atoms with Gasteiger partial charge >= 0.3 is 24.2 Å². The molecule has 0 radical (unpaired) electrons.